The molecule has 1 N–H and O–H groups in total. The molecule has 1 aliphatic heterocycles. The number of anilines is 1. The van der Waals surface area contributed by atoms with Crippen LogP contribution in [0.2, 0.25) is 0 Å². The molecular formula is C26H23N3OS2. The van der Waals surface area contributed by atoms with Gasteiger partial charge in [-0.15, -0.1) is 11.3 Å². The number of hydrogen-bond donors (Lipinski definition) is 1. The molecule has 2 aromatic heterocycles. The van der Waals surface area contributed by atoms with Gasteiger partial charge < -0.3 is 15.0 Å². The Hall–Kier alpha value is -3.22. The molecule has 4 aromatic rings. The zero-order valence-corrected chi connectivity index (χ0v) is 19.5. The van der Waals surface area contributed by atoms with Crippen LogP contribution in [0.3, 0.4) is 0 Å². The molecule has 160 valence electrons. The average molecular weight is 458 g/mol. The first-order valence-electron chi connectivity index (χ1n) is 10.5. The highest BCUT2D eigenvalue weighted by molar-refractivity contribution is 7.80. The molecule has 6 heteroatoms. The van der Waals surface area contributed by atoms with E-state index in [0.717, 1.165) is 28.4 Å². The highest BCUT2D eigenvalue weighted by atomic mass is 32.1. The first kappa shape index (κ1) is 20.7. The molecule has 0 bridgehead atoms. The molecule has 2 aromatic carbocycles. The van der Waals surface area contributed by atoms with Crippen molar-refractivity contribution in [1.29, 1.82) is 0 Å². The van der Waals surface area contributed by atoms with Gasteiger partial charge in [-0.2, -0.15) is 0 Å². The number of pyridine rings is 1. The standard InChI is InChI=1S/C26H23N3OS2/c1-17-7-3-4-9-22(17)30-20-13-11-19(12-14-20)29-25(23-15-10-18(2)32-23)24(28-26(29)31)21-8-5-6-16-27-21/h3-16,24-25H,1-2H3,(H,28,31)/t24-,25-/m0/s1. The minimum Gasteiger partial charge on any atom is -0.457 e. The lowest BCUT2D eigenvalue weighted by atomic mass is 10.0. The second-order valence-corrected chi connectivity index (χ2v) is 9.51. The Balaban J connectivity index is 1.48. The molecule has 0 spiro atoms. The van der Waals surface area contributed by atoms with Gasteiger partial charge in [0.15, 0.2) is 5.11 Å². The van der Waals surface area contributed by atoms with Crippen LogP contribution in [0.1, 0.15) is 33.1 Å². The van der Waals surface area contributed by atoms with E-state index in [-0.39, 0.29) is 12.1 Å². The molecule has 0 amide bonds. The predicted molar refractivity (Wildman–Crippen MR) is 135 cm³/mol. The molecule has 0 aliphatic carbocycles. The maximum atomic E-state index is 6.08. The first-order valence-corrected chi connectivity index (χ1v) is 11.7. The Kier molecular flexibility index (Phi) is 5.64. The Morgan fingerprint density at radius 1 is 0.938 bits per heavy atom. The number of thiocarbonyl (C=S) groups is 1. The molecule has 2 atom stereocenters. The van der Waals surface area contributed by atoms with Crippen LogP contribution >= 0.6 is 23.6 Å². The summed E-state index contributed by atoms with van der Waals surface area (Å²) in [7, 11) is 0. The van der Waals surface area contributed by atoms with E-state index in [9.17, 15) is 0 Å². The fourth-order valence-electron chi connectivity index (χ4n) is 4.01. The van der Waals surface area contributed by atoms with Gasteiger partial charge in [0.1, 0.15) is 11.5 Å². The van der Waals surface area contributed by atoms with Crippen molar-refractivity contribution in [3.05, 3.63) is 106 Å². The number of nitrogens with one attached hydrogen (secondary N) is 1. The lowest BCUT2D eigenvalue weighted by molar-refractivity contribution is 0.479. The fraction of sp³-hybridized carbons (Fsp3) is 0.154. The van der Waals surface area contributed by atoms with Gasteiger partial charge in [-0.1, -0.05) is 24.3 Å². The second kappa shape index (κ2) is 8.73. The maximum absolute atomic E-state index is 6.08. The van der Waals surface area contributed by atoms with Crippen LogP contribution in [-0.2, 0) is 0 Å². The normalized spacial score (nSPS) is 17.9. The molecule has 1 aliphatic rings. The van der Waals surface area contributed by atoms with Gasteiger partial charge in [0.25, 0.3) is 0 Å². The van der Waals surface area contributed by atoms with Crippen LogP contribution in [0.4, 0.5) is 5.69 Å². The van der Waals surface area contributed by atoms with Gasteiger partial charge in [-0.05, 0) is 86.2 Å². The highest BCUT2D eigenvalue weighted by Gasteiger charge is 2.41. The molecule has 4 nitrogen and oxygen atoms in total. The Morgan fingerprint density at radius 3 is 2.41 bits per heavy atom. The summed E-state index contributed by atoms with van der Waals surface area (Å²) in [5.74, 6) is 1.66. The number of aryl methyl sites for hydroxylation is 2. The predicted octanol–water partition coefficient (Wildman–Crippen LogP) is 6.73. The third-order valence-corrected chi connectivity index (χ3v) is 6.97. The molecule has 5 rings (SSSR count). The fourth-order valence-corrected chi connectivity index (χ4v) is 5.36. The van der Waals surface area contributed by atoms with E-state index in [1.54, 1.807) is 11.3 Å². The van der Waals surface area contributed by atoms with E-state index in [1.807, 2.05) is 61.7 Å². The van der Waals surface area contributed by atoms with Gasteiger partial charge in [-0.3, -0.25) is 4.98 Å². The summed E-state index contributed by atoms with van der Waals surface area (Å²) >= 11 is 7.60. The average Bonchev–Trinajstić information content (AvgIpc) is 3.39. The van der Waals surface area contributed by atoms with Crippen molar-refractivity contribution >= 4 is 34.4 Å². The molecule has 0 radical (unpaired) electrons. The van der Waals surface area contributed by atoms with E-state index >= 15 is 0 Å². The minimum atomic E-state index is -0.0235. The lowest BCUT2D eigenvalue weighted by Gasteiger charge is -2.27. The van der Waals surface area contributed by atoms with Crippen molar-refractivity contribution in [3.63, 3.8) is 0 Å². The van der Waals surface area contributed by atoms with Crippen LogP contribution in [0, 0.1) is 13.8 Å². The van der Waals surface area contributed by atoms with Crippen molar-refractivity contribution in [1.82, 2.24) is 10.3 Å². The Morgan fingerprint density at radius 2 is 1.72 bits per heavy atom. The van der Waals surface area contributed by atoms with Crippen molar-refractivity contribution in [3.8, 4) is 11.5 Å². The number of para-hydroxylation sites is 1. The summed E-state index contributed by atoms with van der Waals surface area (Å²) in [4.78, 5) is 9.34. The van der Waals surface area contributed by atoms with Crippen LogP contribution in [-0.4, -0.2) is 10.1 Å². The Labute approximate surface area is 197 Å². The summed E-state index contributed by atoms with van der Waals surface area (Å²) < 4.78 is 6.08. The summed E-state index contributed by atoms with van der Waals surface area (Å²) in [6.07, 6.45) is 1.83. The zero-order chi connectivity index (χ0) is 22.1. The number of hydrogen-bond acceptors (Lipinski definition) is 4. The molecule has 1 saturated heterocycles. The summed E-state index contributed by atoms with van der Waals surface area (Å²) in [6.45, 7) is 4.18. The second-order valence-electron chi connectivity index (χ2n) is 7.81. The van der Waals surface area contributed by atoms with Crippen molar-refractivity contribution < 1.29 is 4.74 Å². The minimum absolute atomic E-state index is 0.0235. The van der Waals surface area contributed by atoms with Crippen LogP contribution < -0.4 is 15.0 Å². The van der Waals surface area contributed by atoms with Gasteiger partial charge >= 0.3 is 0 Å². The Bertz CT molecular complexity index is 1240. The van der Waals surface area contributed by atoms with E-state index in [0.29, 0.717) is 5.11 Å². The zero-order valence-electron chi connectivity index (χ0n) is 17.9. The number of aromatic nitrogens is 1. The smallest absolute Gasteiger partial charge is 0.174 e. The quantitative estimate of drug-likeness (QED) is 0.336. The summed E-state index contributed by atoms with van der Waals surface area (Å²) in [5, 5.41) is 4.21. The number of nitrogens with zero attached hydrogens (tertiary/aromatic N) is 2. The molecule has 0 unspecified atom stereocenters. The summed E-state index contributed by atoms with van der Waals surface area (Å²) in [6, 6.07) is 26.5. The van der Waals surface area contributed by atoms with E-state index in [4.69, 9.17) is 17.0 Å². The highest BCUT2D eigenvalue weighted by Crippen LogP contribution is 2.44. The molecule has 1 fully saturated rings. The van der Waals surface area contributed by atoms with Crippen LogP contribution in [0.25, 0.3) is 0 Å². The van der Waals surface area contributed by atoms with E-state index in [2.05, 4.69) is 52.5 Å². The van der Waals surface area contributed by atoms with Crippen LogP contribution in [0.15, 0.2) is 85.1 Å². The molecule has 0 saturated carbocycles. The van der Waals surface area contributed by atoms with E-state index < -0.39 is 0 Å². The van der Waals surface area contributed by atoms with Gasteiger partial charge in [-0.25, -0.2) is 0 Å². The largest absolute Gasteiger partial charge is 0.457 e. The number of benzene rings is 2. The van der Waals surface area contributed by atoms with Crippen LogP contribution in [0.5, 0.6) is 11.5 Å². The third kappa shape index (κ3) is 3.99. The topological polar surface area (TPSA) is 37.4 Å². The third-order valence-electron chi connectivity index (χ3n) is 5.59. The van der Waals surface area contributed by atoms with Gasteiger partial charge in [0, 0.05) is 21.6 Å². The number of ether oxygens (including phenoxy) is 1. The van der Waals surface area contributed by atoms with Crippen molar-refractivity contribution in [2.75, 3.05) is 4.90 Å². The number of thiophene rings is 1. The summed E-state index contributed by atoms with van der Waals surface area (Å²) in [5.41, 5.74) is 3.11. The maximum Gasteiger partial charge on any atom is 0.174 e. The SMILES string of the molecule is Cc1ccc([C@H]2[C@H](c3ccccn3)NC(=S)N2c2ccc(Oc3ccccc3C)cc2)s1. The van der Waals surface area contributed by atoms with E-state index in [1.165, 1.54) is 9.75 Å². The van der Waals surface area contributed by atoms with Crippen molar-refractivity contribution in [2.24, 2.45) is 0 Å². The molecule has 32 heavy (non-hydrogen) atoms. The lowest BCUT2D eigenvalue weighted by Crippen LogP contribution is -2.28. The van der Waals surface area contributed by atoms with Gasteiger partial charge in [0.2, 0.25) is 0 Å². The first-order chi connectivity index (χ1) is 15.6. The molecular weight excluding hydrogens is 434 g/mol. The molecule has 3 heterocycles. The monoisotopic (exact) mass is 457 g/mol. The number of rotatable bonds is 5. The van der Waals surface area contributed by atoms with Crippen molar-refractivity contribution in [2.45, 2.75) is 25.9 Å². The van der Waals surface area contributed by atoms with Gasteiger partial charge in [0.05, 0.1) is 17.8 Å².